The first kappa shape index (κ1) is 17.6. The number of imide groups is 1. The third-order valence-electron chi connectivity index (χ3n) is 6.04. The van der Waals surface area contributed by atoms with Crippen LogP contribution in [0, 0.1) is 0 Å². The average molecular weight is 391 g/mol. The number of hydrogen-bond acceptors (Lipinski definition) is 6. The number of carbonyl (C=O) groups excluding carboxylic acids is 2. The Labute approximate surface area is 167 Å². The minimum absolute atomic E-state index is 0.116. The van der Waals surface area contributed by atoms with Crippen molar-refractivity contribution in [2.24, 2.45) is 0 Å². The number of likely N-dealkylation sites (N-methyl/N-ethyl adjacent to an activating group) is 1. The van der Waals surface area contributed by atoms with Gasteiger partial charge >= 0.3 is 6.03 Å². The average Bonchev–Trinajstić information content (AvgIpc) is 3.31. The van der Waals surface area contributed by atoms with Crippen molar-refractivity contribution in [2.45, 2.75) is 24.9 Å². The number of fused-ring (bicyclic) bond motifs is 1. The van der Waals surface area contributed by atoms with Crippen molar-refractivity contribution in [3.8, 4) is 0 Å². The molecule has 0 aliphatic carbocycles. The maximum absolute atomic E-state index is 13.1. The normalized spacial score (nSPS) is 19.0. The predicted molar refractivity (Wildman–Crippen MR) is 106 cm³/mol. The van der Waals surface area contributed by atoms with E-state index < -0.39 is 5.54 Å². The Kier molecular flexibility index (Phi) is 3.97. The summed E-state index contributed by atoms with van der Waals surface area (Å²) in [6.07, 6.45) is 4.34. The Morgan fingerprint density at radius 1 is 1.10 bits per heavy atom. The van der Waals surface area contributed by atoms with Gasteiger partial charge in [-0.2, -0.15) is 5.10 Å². The van der Waals surface area contributed by atoms with Crippen LogP contribution in [0.2, 0.25) is 0 Å². The lowest BCUT2D eigenvalue weighted by atomic mass is 9.85. The number of nitrogens with one attached hydrogen (secondary N) is 1. The van der Waals surface area contributed by atoms with Crippen LogP contribution in [0.5, 0.6) is 0 Å². The molecule has 9 heteroatoms. The van der Waals surface area contributed by atoms with Crippen molar-refractivity contribution < 1.29 is 9.59 Å². The molecular weight excluding hydrogens is 370 g/mol. The number of H-pyrrole nitrogens is 1. The Bertz CT molecular complexity index is 1070. The molecule has 5 rings (SSSR count). The summed E-state index contributed by atoms with van der Waals surface area (Å²) >= 11 is 0. The molecule has 2 fully saturated rings. The molecule has 2 aromatic heterocycles. The highest BCUT2D eigenvalue weighted by Crippen LogP contribution is 2.39. The standard InChI is InChI=1S/C20H21N7O2/c1-25-18(28)20(27(19(25)29)12-14-5-3-2-4-6-14)7-9-26(10-8-20)17-15-11-23-24-16(15)21-13-22-17/h2-6,11,13H,7-10,12H2,1H3,(H,21,22,23,24). The number of amides is 3. The number of aromatic amines is 1. The van der Waals surface area contributed by atoms with E-state index in [1.54, 1.807) is 18.1 Å². The molecule has 3 amide bonds. The quantitative estimate of drug-likeness (QED) is 0.684. The van der Waals surface area contributed by atoms with E-state index in [1.807, 2.05) is 30.3 Å². The first-order chi connectivity index (χ1) is 14.1. The molecule has 29 heavy (non-hydrogen) atoms. The zero-order valence-electron chi connectivity index (χ0n) is 16.1. The van der Waals surface area contributed by atoms with E-state index in [0.717, 1.165) is 16.8 Å². The van der Waals surface area contributed by atoms with Crippen LogP contribution in [-0.2, 0) is 11.3 Å². The van der Waals surface area contributed by atoms with E-state index in [1.165, 1.54) is 11.2 Å². The summed E-state index contributed by atoms with van der Waals surface area (Å²) in [7, 11) is 1.57. The van der Waals surface area contributed by atoms with Gasteiger partial charge in [0.15, 0.2) is 5.65 Å². The number of hydrogen-bond donors (Lipinski definition) is 1. The van der Waals surface area contributed by atoms with Crippen LogP contribution in [0.1, 0.15) is 18.4 Å². The zero-order chi connectivity index (χ0) is 20.0. The van der Waals surface area contributed by atoms with Crippen LogP contribution in [0.15, 0.2) is 42.9 Å². The van der Waals surface area contributed by atoms with E-state index >= 15 is 0 Å². The van der Waals surface area contributed by atoms with Gasteiger partial charge in [0, 0.05) is 26.7 Å². The van der Waals surface area contributed by atoms with Crippen molar-refractivity contribution in [2.75, 3.05) is 25.0 Å². The van der Waals surface area contributed by atoms with E-state index in [0.29, 0.717) is 38.1 Å². The third kappa shape index (κ3) is 2.65. The van der Waals surface area contributed by atoms with Crippen molar-refractivity contribution in [3.63, 3.8) is 0 Å². The summed E-state index contributed by atoms with van der Waals surface area (Å²) in [6, 6.07) is 9.57. The van der Waals surface area contributed by atoms with Crippen LogP contribution in [0.4, 0.5) is 10.6 Å². The lowest BCUT2D eigenvalue weighted by Gasteiger charge is -2.42. The third-order valence-corrected chi connectivity index (χ3v) is 6.04. The van der Waals surface area contributed by atoms with Gasteiger partial charge in [-0.1, -0.05) is 30.3 Å². The smallest absolute Gasteiger partial charge is 0.327 e. The Hall–Kier alpha value is -3.49. The minimum atomic E-state index is -0.805. The molecule has 148 valence electrons. The van der Waals surface area contributed by atoms with Gasteiger partial charge in [-0.25, -0.2) is 14.8 Å². The summed E-state index contributed by atoms with van der Waals surface area (Å²) in [5, 5.41) is 7.77. The molecule has 1 N–H and O–H groups in total. The van der Waals surface area contributed by atoms with Crippen LogP contribution in [-0.4, -0.2) is 67.6 Å². The predicted octanol–water partition coefficient (Wildman–Crippen LogP) is 1.79. The zero-order valence-corrected chi connectivity index (χ0v) is 16.1. The van der Waals surface area contributed by atoms with Crippen molar-refractivity contribution >= 4 is 28.8 Å². The largest absolute Gasteiger partial charge is 0.356 e. The molecule has 0 atom stereocenters. The number of benzene rings is 1. The molecule has 9 nitrogen and oxygen atoms in total. The molecule has 0 unspecified atom stereocenters. The Morgan fingerprint density at radius 3 is 2.62 bits per heavy atom. The molecule has 2 saturated heterocycles. The lowest BCUT2D eigenvalue weighted by Crippen LogP contribution is -2.56. The van der Waals surface area contributed by atoms with Crippen LogP contribution in [0.25, 0.3) is 11.0 Å². The van der Waals surface area contributed by atoms with Crippen molar-refractivity contribution in [1.29, 1.82) is 0 Å². The second-order valence-electron chi connectivity index (χ2n) is 7.57. The maximum Gasteiger partial charge on any atom is 0.327 e. The second-order valence-corrected chi connectivity index (χ2v) is 7.57. The molecule has 2 aliphatic rings. The van der Waals surface area contributed by atoms with E-state index in [2.05, 4.69) is 25.1 Å². The van der Waals surface area contributed by atoms with Gasteiger partial charge in [0.05, 0.1) is 11.6 Å². The topological polar surface area (TPSA) is 98.3 Å². The number of anilines is 1. The fourth-order valence-electron chi connectivity index (χ4n) is 4.44. The first-order valence-electron chi connectivity index (χ1n) is 9.63. The highest BCUT2D eigenvalue weighted by atomic mass is 16.2. The Balaban J connectivity index is 1.43. The molecule has 2 aliphatic heterocycles. The highest BCUT2D eigenvalue weighted by molar-refractivity contribution is 6.07. The Morgan fingerprint density at radius 2 is 1.86 bits per heavy atom. The van der Waals surface area contributed by atoms with Gasteiger partial charge in [-0.3, -0.25) is 14.8 Å². The molecule has 0 radical (unpaired) electrons. The van der Waals surface area contributed by atoms with Crippen LogP contribution in [0.3, 0.4) is 0 Å². The molecule has 3 aromatic rings. The van der Waals surface area contributed by atoms with Gasteiger partial charge in [-0.15, -0.1) is 0 Å². The summed E-state index contributed by atoms with van der Waals surface area (Å²) < 4.78 is 0. The monoisotopic (exact) mass is 391 g/mol. The van der Waals surface area contributed by atoms with E-state index in [-0.39, 0.29) is 11.9 Å². The number of nitrogens with zero attached hydrogens (tertiary/aromatic N) is 6. The molecular formula is C20H21N7O2. The minimum Gasteiger partial charge on any atom is -0.356 e. The number of carbonyl (C=O) groups is 2. The van der Waals surface area contributed by atoms with Crippen molar-refractivity contribution in [3.05, 3.63) is 48.4 Å². The van der Waals surface area contributed by atoms with Gasteiger partial charge in [0.25, 0.3) is 5.91 Å². The molecule has 0 saturated carbocycles. The summed E-state index contributed by atoms with van der Waals surface area (Å²) in [5.74, 6) is 0.688. The summed E-state index contributed by atoms with van der Waals surface area (Å²) in [4.78, 5) is 39.7. The molecule has 4 heterocycles. The SMILES string of the molecule is CN1C(=O)N(Cc2ccccc2)C2(CCN(c3ncnc4[nH]ncc34)CC2)C1=O. The van der Waals surface area contributed by atoms with E-state index in [4.69, 9.17) is 0 Å². The number of aromatic nitrogens is 4. The second kappa shape index (κ2) is 6.54. The molecule has 1 aromatic carbocycles. The maximum atomic E-state index is 13.1. The fourth-order valence-corrected chi connectivity index (χ4v) is 4.44. The molecule has 0 bridgehead atoms. The number of urea groups is 1. The number of rotatable bonds is 3. The van der Waals surface area contributed by atoms with Gasteiger partial charge in [0.2, 0.25) is 0 Å². The van der Waals surface area contributed by atoms with Crippen molar-refractivity contribution in [1.82, 2.24) is 30.0 Å². The van der Waals surface area contributed by atoms with Crippen LogP contribution >= 0.6 is 0 Å². The first-order valence-corrected chi connectivity index (χ1v) is 9.63. The summed E-state index contributed by atoms with van der Waals surface area (Å²) in [5.41, 5.74) is 0.898. The van der Waals surface area contributed by atoms with Crippen LogP contribution < -0.4 is 4.90 Å². The lowest BCUT2D eigenvalue weighted by molar-refractivity contribution is -0.133. The van der Waals surface area contributed by atoms with Gasteiger partial charge < -0.3 is 9.80 Å². The van der Waals surface area contributed by atoms with Gasteiger partial charge in [0.1, 0.15) is 17.7 Å². The summed E-state index contributed by atoms with van der Waals surface area (Å²) in [6.45, 7) is 1.67. The fraction of sp³-hybridized carbons (Fsp3) is 0.350. The van der Waals surface area contributed by atoms with Gasteiger partial charge in [-0.05, 0) is 18.4 Å². The highest BCUT2D eigenvalue weighted by Gasteiger charge is 2.56. The molecule has 1 spiro atoms. The van der Waals surface area contributed by atoms with E-state index in [9.17, 15) is 9.59 Å². The number of piperidine rings is 1.